The Balaban J connectivity index is 2.07. The summed E-state index contributed by atoms with van der Waals surface area (Å²) in [5.41, 5.74) is 1.48. The zero-order valence-corrected chi connectivity index (χ0v) is 11.0. The van der Waals surface area contributed by atoms with Gasteiger partial charge in [-0.05, 0) is 24.3 Å². The molecule has 0 radical (unpaired) electrons. The van der Waals surface area contributed by atoms with E-state index in [4.69, 9.17) is 28.5 Å². The highest BCUT2D eigenvalue weighted by Crippen LogP contribution is 2.26. The molecule has 1 aromatic heterocycles. The number of benzene rings is 1. The van der Waals surface area contributed by atoms with Crippen LogP contribution in [-0.4, -0.2) is 0 Å². The van der Waals surface area contributed by atoms with Crippen molar-refractivity contribution in [3.63, 3.8) is 0 Å². The van der Waals surface area contributed by atoms with Gasteiger partial charge in [-0.2, -0.15) is 5.26 Å². The maximum absolute atomic E-state index is 8.71. The minimum atomic E-state index is 0.631. The number of hydrogen-bond acceptors (Lipinski definition) is 3. The van der Waals surface area contributed by atoms with Crippen LogP contribution in [0.2, 0.25) is 10.0 Å². The molecule has 0 fully saturated rings. The van der Waals surface area contributed by atoms with E-state index < -0.39 is 0 Å². The number of rotatable bonds is 3. The minimum absolute atomic E-state index is 0.631. The van der Waals surface area contributed by atoms with E-state index in [9.17, 15) is 0 Å². The van der Waals surface area contributed by atoms with Gasteiger partial charge >= 0.3 is 0 Å². The number of halogens is 2. The van der Waals surface area contributed by atoms with E-state index >= 15 is 0 Å². The number of nitrogens with one attached hydrogen (secondary N) is 1. The maximum Gasteiger partial charge on any atom is 0.100 e. The molecule has 1 aromatic carbocycles. The first-order valence-corrected chi connectivity index (χ1v) is 6.49. The Hall–Kier alpha value is -1.21. The lowest BCUT2D eigenvalue weighted by Gasteiger charge is -2.07. The third-order valence-corrected chi connectivity index (χ3v) is 3.67. The molecule has 0 amide bonds. The SMILES string of the molecule is N#Cc1csc(CNc2cc(Cl)ccc2Cl)c1. The largest absolute Gasteiger partial charge is 0.379 e. The van der Waals surface area contributed by atoms with Crippen LogP contribution in [0.1, 0.15) is 10.4 Å². The van der Waals surface area contributed by atoms with Crippen molar-refractivity contribution < 1.29 is 0 Å². The Kier molecular flexibility index (Phi) is 3.90. The van der Waals surface area contributed by atoms with E-state index in [2.05, 4.69) is 11.4 Å². The number of hydrogen-bond donors (Lipinski definition) is 1. The molecule has 0 saturated heterocycles. The Morgan fingerprint density at radius 2 is 2.12 bits per heavy atom. The van der Waals surface area contributed by atoms with Crippen molar-refractivity contribution in [3.8, 4) is 6.07 Å². The highest BCUT2D eigenvalue weighted by Gasteiger charge is 2.03. The van der Waals surface area contributed by atoms with Gasteiger partial charge in [-0.15, -0.1) is 11.3 Å². The lowest BCUT2D eigenvalue weighted by molar-refractivity contribution is 1.19. The Morgan fingerprint density at radius 3 is 2.82 bits per heavy atom. The highest BCUT2D eigenvalue weighted by molar-refractivity contribution is 7.10. The third-order valence-electron chi connectivity index (χ3n) is 2.16. The Bertz CT molecular complexity index is 572. The summed E-state index contributed by atoms with van der Waals surface area (Å²) in [7, 11) is 0. The fourth-order valence-electron chi connectivity index (χ4n) is 1.35. The molecular formula is C12H8Cl2N2S. The van der Waals surface area contributed by atoms with Crippen molar-refractivity contribution >= 4 is 40.2 Å². The van der Waals surface area contributed by atoms with Crippen LogP contribution >= 0.6 is 34.5 Å². The molecular weight excluding hydrogens is 275 g/mol. The molecule has 0 aliphatic rings. The van der Waals surface area contributed by atoms with Gasteiger partial charge in [0.25, 0.3) is 0 Å². The van der Waals surface area contributed by atoms with Crippen molar-refractivity contribution in [1.29, 1.82) is 5.26 Å². The first-order chi connectivity index (χ1) is 8.19. The molecule has 0 aliphatic heterocycles. The molecule has 17 heavy (non-hydrogen) atoms. The first kappa shape index (κ1) is 12.3. The molecule has 2 nitrogen and oxygen atoms in total. The lowest BCUT2D eigenvalue weighted by atomic mass is 10.3. The molecule has 0 unspecified atom stereocenters. The molecule has 5 heteroatoms. The molecule has 2 rings (SSSR count). The van der Waals surface area contributed by atoms with E-state index in [-0.39, 0.29) is 0 Å². The van der Waals surface area contributed by atoms with Gasteiger partial charge in [0.2, 0.25) is 0 Å². The summed E-state index contributed by atoms with van der Waals surface area (Å²) < 4.78 is 0. The van der Waals surface area contributed by atoms with Gasteiger partial charge in [-0.1, -0.05) is 23.2 Å². The second-order valence-corrected chi connectivity index (χ2v) is 5.23. The molecule has 0 atom stereocenters. The molecule has 0 aliphatic carbocycles. The second kappa shape index (κ2) is 5.42. The maximum atomic E-state index is 8.71. The van der Waals surface area contributed by atoms with Crippen molar-refractivity contribution in [2.75, 3.05) is 5.32 Å². The van der Waals surface area contributed by atoms with E-state index in [1.165, 1.54) is 0 Å². The van der Waals surface area contributed by atoms with Crippen LogP contribution in [0, 0.1) is 11.3 Å². The summed E-state index contributed by atoms with van der Waals surface area (Å²) in [5, 5.41) is 15.0. The van der Waals surface area contributed by atoms with Crippen LogP contribution in [0.15, 0.2) is 29.6 Å². The van der Waals surface area contributed by atoms with Gasteiger partial charge in [-0.25, -0.2) is 0 Å². The normalized spacial score (nSPS) is 9.94. The van der Waals surface area contributed by atoms with E-state index in [0.29, 0.717) is 22.2 Å². The monoisotopic (exact) mass is 282 g/mol. The van der Waals surface area contributed by atoms with Crippen LogP contribution in [0.5, 0.6) is 0 Å². The summed E-state index contributed by atoms with van der Waals surface area (Å²) in [6.07, 6.45) is 0. The quantitative estimate of drug-likeness (QED) is 0.897. The predicted octanol–water partition coefficient (Wildman–Crippen LogP) is 4.54. The Labute approximate surface area is 113 Å². The summed E-state index contributed by atoms with van der Waals surface area (Å²) in [4.78, 5) is 1.08. The molecule has 2 aromatic rings. The summed E-state index contributed by atoms with van der Waals surface area (Å²) in [5.74, 6) is 0. The molecule has 1 N–H and O–H groups in total. The number of nitriles is 1. The lowest BCUT2D eigenvalue weighted by Crippen LogP contribution is -1.97. The zero-order valence-electron chi connectivity index (χ0n) is 8.71. The first-order valence-electron chi connectivity index (χ1n) is 4.85. The predicted molar refractivity (Wildman–Crippen MR) is 72.8 cm³/mol. The average Bonchev–Trinajstić information content (AvgIpc) is 2.78. The average molecular weight is 283 g/mol. The van der Waals surface area contributed by atoms with Crippen LogP contribution in [0.4, 0.5) is 5.69 Å². The van der Waals surface area contributed by atoms with Gasteiger partial charge in [0.15, 0.2) is 0 Å². The topological polar surface area (TPSA) is 35.8 Å². The van der Waals surface area contributed by atoms with Gasteiger partial charge in [0.05, 0.1) is 16.3 Å². The summed E-state index contributed by atoms with van der Waals surface area (Å²) >= 11 is 13.5. The smallest absolute Gasteiger partial charge is 0.100 e. The van der Waals surface area contributed by atoms with Gasteiger partial charge < -0.3 is 5.32 Å². The Morgan fingerprint density at radius 1 is 1.29 bits per heavy atom. The van der Waals surface area contributed by atoms with Crippen molar-refractivity contribution in [3.05, 3.63) is 50.1 Å². The number of thiophene rings is 1. The molecule has 0 saturated carbocycles. The van der Waals surface area contributed by atoms with Crippen LogP contribution in [0.25, 0.3) is 0 Å². The van der Waals surface area contributed by atoms with Crippen molar-refractivity contribution in [2.24, 2.45) is 0 Å². The molecule has 0 spiro atoms. The van der Waals surface area contributed by atoms with Crippen molar-refractivity contribution in [2.45, 2.75) is 6.54 Å². The van der Waals surface area contributed by atoms with Gasteiger partial charge in [0, 0.05) is 21.8 Å². The highest BCUT2D eigenvalue weighted by atomic mass is 35.5. The van der Waals surface area contributed by atoms with Crippen molar-refractivity contribution in [1.82, 2.24) is 0 Å². The minimum Gasteiger partial charge on any atom is -0.379 e. The summed E-state index contributed by atoms with van der Waals surface area (Å²) in [6.45, 7) is 0.631. The molecule has 1 heterocycles. The fraction of sp³-hybridized carbons (Fsp3) is 0.0833. The standard InChI is InChI=1S/C12H8Cl2N2S/c13-9-1-2-11(14)12(4-9)16-6-10-3-8(5-15)7-17-10/h1-4,7,16H,6H2. The molecule has 0 bridgehead atoms. The van der Waals surface area contributed by atoms with Gasteiger partial charge in [-0.3, -0.25) is 0 Å². The summed E-state index contributed by atoms with van der Waals surface area (Å²) in [6, 6.07) is 9.23. The third kappa shape index (κ3) is 3.13. The number of nitrogens with zero attached hydrogens (tertiary/aromatic N) is 1. The van der Waals surface area contributed by atoms with Crippen LogP contribution < -0.4 is 5.32 Å². The molecule has 86 valence electrons. The van der Waals surface area contributed by atoms with E-state index in [1.54, 1.807) is 29.5 Å². The van der Waals surface area contributed by atoms with Crippen LogP contribution in [-0.2, 0) is 6.54 Å². The zero-order chi connectivity index (χ0) is 12.3. The van der Waals surface area contributed by atoms with Crippen LogP contribution in [0.3, 0.4) is 0 Å². The second-order valence-electron chi connectivity index (χ2n) is 3.39. The fourth-order valence-corrected chi connectivity index (χ4v) is 2.45. The van der Waals surface area contributed by atoms with Gasteiger partial charge in [0.1, 0.15) is 6.07 Å². The van der Waals surface area contributed by atoms with E-state index in [1.807, 2.05) is 11.4 Å². The number of anilines is 1. The van der Waals surface area contributed by atoms with E-state index in [0.717, 1.165) is 10.6 Å².